The van der Waals surface area contributed by atoms with Gasteiger partial charge in [-0.05, 0) is 31.2 Å². The van der Waals surface area contributed by atoms with Crippen molar-refractivity contribution in [2.45, 2.75) is 6.92 Å². The summed E-state index contributed by atoms with van der Waals surface area (Å²) in [7, 11) is 0. The molecule has 26 heavy (non-hydrogen) atoms. The molecule has 1 aliphatic heterocycles. The van der Waals surface area contributed by atoms with Crippen LogP contribution in [0.2, 0.25) is 0 Å². The number of carbonyl (C=O) groups excluding carboxylic acids is 2. The first kappa shape index (κ1) is 17.7. The van der Waals surface area contributed by atoms with Crippen LogP contribution in [-0.2, 0) is 4.74 Å². The zero-order valence-electron chi connectivity index (χ0n) is 14.7. The Labute approximate surface area is 152 Å². The monoisotopic (exact) mass is 354 g/mol. The van der Waals surface area contributed by atoms with Gasteiger partial charge in [-0.3, -0.25) is 9.78 Å². The quantitative estimate of drug-likeness (QED) is 0.913. The van der Waals surface area contributed by atoms with Crippen LogP contribution in [0.15, 0.2) is 48.7 Å². The smallest absolute Gasteiger partial charge is 0.409 e. The number of ether oxygens (including phenoxy) is 1. The highest BCUT2D eigenvalue weighted by Gasteiger charge is 2.22. The Morgan fingerprint density at radius 3 is 2.54 bits per heavy atom. The second-order valence-corrected chi connectivity index (χ2v) is 5.89. The number of pyridine rings is 1. The van der Waals surface area contributed by atoms with Crippen molar-refractivity contribution in [3.8, 4) is 0 Å². The maximum Gasteiger partial charge on any atom is 0.409 e. The predicted molar refractivity (Wildman–Crippen MR) is 99.4 cm³/mol. The topological polar surface area (TPSA) is 74.8 Å². The van der Waals surface area contributed by atoms with Gasteiger partial charge in [0.2, 0.25) is 0 Å². The van der Waals surface area contributed by atoms with Gasteiger partial charge in [-0.15, -0.1) is 0 Å². The Morgan fingerprint density at radius 2 is 1.85 bits per heavy atom. The molecule has 1 fully saturated rings. The molecule has 1 aliphatic rings. The van der Waals surface area contributed by atoms with E-state index in [0.717, 1.165) is 11.4 Å². The zero-order valence-corrected chi connectivity index (χ0v) is 14.7. The molecule has 0 unspecified atom stereocenters. The second-order valence-electron chi connectivity index (χ2n) is 5.89. The van der Waals surface area contributed by atoms with Gasteiger partial charge in [0.05, 0.1) is 6.61 Å². The molecule has 0 atom stereocenters. The van der Waals surface area contributed by atoms with Gasteiger partial charge in [0.1, 0.15) is 5.69 Å². The highest BCUT2D eigenvalue weighted by molar-refractivity contribution is 6.03. The Bertz CT molecular complexity index is 758. The van der Waals surface area contributed by atoms with E-state index in [-0.39, 0.29) is 12.0 Å². The minimum atomic E-state index is -0.273. The molecule has 1 N–H and O–H groups in total. The Kier molecular flexibility index (Phi) is 5.68. The van der Waals surface area contributed by atoms with Crippen molar-refractivity contribution in [3.05, 3.63) is 54.4 Å². The van der Waals surface area contributed by atoms with E-state index in [1.165, 1.54) is 0 Å². The summed E-state index contributed by atoms with van der Waals surface area (Å²) in [4.78, 5) is 32.2. The molecule has 0 spiro atoms. The molecule has 3 rings (SSSR count). The zero-order chi connectivity index (χ0) is 18.4. The maximum absolute atomic E-state index is 12.4. The van der Waals surface area contributed by atoms with E-state index >= 15 is 0 Å². The molecule has 1 aromatic carbocycles. The van der Waals surface area contributed by atoms with Crippen LogP contribution in [-0.4, -0.2) is 54.7 Å². The van der Waals surface area contributed by atoms with Crippen LogP contribution in [0, 0.1) is 0 Å². The van der Waals surface area contributed by atoms with Gasteiger partial charge in [-0.25, -0.2) is 4.79 Å². The first-order valence-corrected chi connectivity index (χ1v) is 8.66. The fourth-order valence-electron chi connectivity index (χ4n) is 2.82. The van der Waals surface area contributed by atoms with Crippen molar-refractivity contribution in [1.82, 2.24) is 9.88 Å². The van der Waals surface area contributed by atoms with Crippen LogP contribution in [0.4, 0.5) is 16.2 Å². The normalized spacial score (nSPS) is 14.0. The minimum Gasteiger partial charge on any atom is -0.450 e. The first-order valence-electron chi connectivity index (χ1n) is 8.66. The van der Waals surface area contributed by atoms with Crippen LogP contribution in [0.1, 0.15) is 17.4 Å². The summed E-state index contributed by atoms with van der Waals surface area (Å²) in [6.07, 6.45) is 1.36. The van der Waals surface area contributed by atoms with Gasteiger partial charge >= 0.3 is 6.09 Å². The number of hydrogen-bond acceptors (Lipinski definition) is 5. The summed E-state index contributed by atoms with van der Waals surface area (Å²) in [5.74, 6) is -0.247. The molecule has 2 heterocycles. The van der Waals surface area contributed by atoms with Crippen molar-refractivity contribution >= 4 is 23.4 Å². The molecule has 0 radical (unpaired) electrons. The summed E-state index contributed by atoms with van der Waals surface area (Å²) in [6.45, 7) is 4.72. The molecular formula is C19H22N4O3. The van der Waals surface area contributed by atoms with E-state index in [0.29, 0.717) is 38.5 Å². The number of aromatic nitrogens is 1. The molecule has 1 saturated heterocycles. The van der Waals surface area contributed by atoms with Crippen molar-refractivity contribution < 1.29 is 14.3 Å². The molecule has 7 heteroatoms. The number of benzene rings is 1. The fraction of sp³-hybridized carbons (Fsp3) is 0.316. The lowest BCUT2D eigenvalue weighted by molar-refractivity contribution is 0.102. The van der Waals surface area contributed by atoms with Crippen LogP contribution in [0.3, 0.4) is 0 Å². The Balaban J connectivity index is 1.63. The lowest BCUT2D eigenvalue weighted by Crippen LogP contribution is -2.49. The third-order valence-corrected chi connectivity index (χ3v) is 4.18. The van der Waals surface area contributed by atoms with Crippen LogP contribution >= 0.6 is 0 Å². The van der Waals surface area contributed by atoms with Gasteiger partial charge in [-0.1, -0.05) is 18.2 Å². The Morgan fingerprint density at radius 1 is 1.12 bits per heavy atom. The molecule has 0 bridgehead atoms. The summed E-state index contributed by atoms with van der Waals surface area (Å²) in [6, 6.07) is 12.9. The summed E-state index contributed by atoms with van der Waals surface area (Å²) in [5, 5.41) is 2.84. The summed E-state index contributed by atoms with van der Waals surface area (Å²) < 4.78 is 5.04. The molecule has 7 nitrogen and oxygen atoms in total. The van der Waals surface area contributed by atoms with Crippen molar-refractivity contribution in [1.29, 1.82) is 0 Å². The van der Waals surface area contributed by atoms with Crippen LogP contribution < -0.4 is 10.2 Å². The van der Waals surface area contributed by atoms with Gasteiger partial charge in [0, 0.05) is 43.8 Å². The highest BCUT2D eigenvalue weighted by Crippen LogP contribution is 2.18. The highest BCUT2D eigenvalue weighted by atomic mass is 16.6. The molecular weight excluding hydrogens is 332 g/mol. The summed E-state index contributed by atoms with van der Waals surface area (Å²) >= 11 is 0. The molecule has 136 valence electrons. The van der Waals surface area contributed by atoms with E-state index in [1.807, 2.05) is 36.4 Å². The lowest BCUT2D eigenvalue weighted by atomic mass is 10.2. The standard InChI is InChI=1S/C19H22N4O3/c1-2-26-19(25)23-12-10-22(11-13-23)16-8-9-20-17(14-16)18(24)21-15-6-4-3-5-7-15/h3-9,14H,2,10-13H2,1H3,(H,21,24). The maximum atomic E-state index is 12.4. The second kappa shape index (κ2) is 8.33. The molecule has 0 aliphatic carbocycles. The van der Waals surface area contributed by atoms with E-state index in [9.17, 15) is 9.59 Å². The van der Waals surface area contributed by atoms with Crippen molar-refractivity contribution in [2.75, 3.05) is 43.0 Å². The SMILES string of the molecule is CCOC(=O)N1CCN(c2ccnc(C(=O)Nc3ccccc3)c2)CC1. The average molecular weight is 354 g/mol. The number of nitrogens with zero attached hydrogens (tertiary/aromatic N) is 3. The molecule has 2 aromatic rings. The molecule has 2 amide bonds. The number of para-hydroxylation sites is 1. The van der Waals surface area contributed by atoms with E-state index in [2.05, 4.69) is 15.2 Å². The Hall–Kier alpha value is -3.09. The largest absolute Gasteiger partial charge is 0.450 e. The third kappa shape index (κ3) is 4.30. The van der Waals surface area contributed by atoms with Gasteiger partial charge in [-0.2, -0.15) is 0 Å². The number of rotatable bonds is 4. The number of hydrogen-bond donors (Lipinski definition) is 1. The first-order chi connectivity index (χ1) is 12.7. The minimum absolute atomic E-state index is 0.247. The van der Waals surface area contributed by atoms with E-state index < -0.39 is 0 Å². The van der Waals surface area contributed by atoms with Crippen LogP contribution in [0.5, 0.6) is 0 Å². The average Bonchev–Trinajstić information content (AvgIpc) is 2.69. The summed E-state index contributed by atoms with van der Waals surface area (Å²) in [5.41, 5.74) is 2.01. The van der Waals surface area contributed by atoms with Crippen molar-refractivity contribution in [3.63, 3.8) is 0 Å². The van der Waals surface area contributed by atoms with E-state index in [4.69, 9.17) is 4.74 Å². The van der Waals surface area contributed by atoms with E-state index in [1.54, 1.807) is 24.1 Å². The van der Waals surface area contributed by atoms with Crippen LogP contribution in [0.25, 0.3) is 0 Å². The van der Waals surface area contributed by atoms with Gasteiger partial charge in [0.25, 0.3) is 5.91 Å². The van der Waals surface area contributed by atoms with Gasteiger partial charge in [0.15, 0.2) is 0 Å². The van der Waals surface area contributed by atoms with Gasteiger partial charge < -0.3 is 19.9 Å². The number of piperazine rings is 1. The third-order valence-electron chi connectivity index (χ3n) is 4.18. The number of nitrogens with one attached hydrogen (secondary N) is 1. The number of carbonyl (C=O) groups is 2. The predicted octanol–water partition coefficient (Wildman–Crippen LogP) is 2.61. The number of anilines is 2. The number of amides is 2. The van der Waals surface area contributed by atoms with Crippen molar-refractivity contribution in [2.24, 2.45) is 0 Å². The fourth-order valence-corrected chi connectivity index (χ4v) is 2.82. The lowest BCUT2D eigenvalue weighted by Gasteiger charge is -2.35. The molecule has 0 saturated carbocycles. The molecule has 1 aromatic heterocycles.